The van der Waals surface area contributed by atoms with E-state index in [9.17, 15) is 9.90 Å². The lowest BCUT2D eigenvalue weighted by atomic mass is 10.1. The highest BCUT2D eigenvalue weighted by atomic mass is 79.9. The van der Waals surface area contributed by atoms with Gasteiger partial charge in [-0.05, 0) is 48.9 Å². The van der Waals surface area contributed by atoms with Crippen molar-refractivity contribution in [2.45, 2.75) is 13.5 Å². The van der Waals surface area contributed by atoms with Gasteiger partial charge in [0.1, 0.15) is 23.8 Å². The Bertz CT molecular complexity index is 1300. The highest BCUT2D eigenvalue weighted by Crippen LogP contribution is 2.29. The number of carbonyl (C=O) groups is 1. The number of aromatic hydroxyl groups is 1. The van der Waals surface area contributed by atoms with E-state index >= 15 is 0 Å². The fourth-order valence-electron chi connectivity index (χ4n) is 3.07. The molecule has 8 heteroatoms. The maximum absolute atomic E-state index is 12.5. The number of benzene rings is 3. The first-order valence-corrected chi connectivity index (χ1v) is 10.9. The molecule has 0 unspecified atom stereocenters. The molecule has 0 saturated heterocycles. The van der Waals surface area contributed by atoms with Gasteiger partial charge in [0.25, 0.3) is 5.91 Å². The molecular weight excluding hydrogens is 484 g/mol. The van der Waals surface area contributed by atoms with Crippen molar-refractivity contribution in [3.63, 3.8) is 0 Å². The molecule has 166 valence electrons. The molecule has 4 rings (SSSR count). The van der Waals surface area contributed by atoms with Crippen molar-refractivity contribution in [3.8, 4) is 22.8 Å². The summed E-state index contributed by atoms with van der Waals surface area (Å²) in [5.74, 6) is 0.263. The third-order valence-electron chi connectivity index (χ3n) is 4.86. The number of aryl methyl sites for hydroxylation is 1. The molecule has 0 bridgehead atoms. The topological polar surface area (TPSA) is 99.6 Å². The quantitative estimate of drug-likeness (QED) is 0.238. The minimum Gasteiger partial charge on any atom is -0.507 e. The minimum absolute atomic E-state index is 0.0577. The highest BCUT2D eigenvalue weighted by molar-refractivity contribution is 9.10. The summed E-state index contributed by atoms with van der Waals surface area (Å²) in [5.41, 5.74) is 6.74. The number of amides is 1. The molecule has 1 heterocycles. The monoisotopic (exact) mass is 504 g/mol. The van der Waals surface area contributed by atoms with Gasteiger partial charge in [-0.1, -0.05) is 57.9 Å². The van der Waals surface area contributed by atoms with E-state index in [1.165, 1.54) is 17.8 Å². The van der Waals surface area contributed by atoms with Crippen LogP contribution >= 0.6 is 15.9 Å². The van der Waals surface area contributed by atoms with E-state index in [-0.39, 0.29) is 11.4 Å². The molecular formula is C25H21BrN4O3. The Morgan fingerprint density at radius 1 is 1.15 bits per heavy atom. The van der Waals surface area contributed by atoms with E-state index in [4.69, 9.17) is 4.74 Å². The maximum Gasteiger partial charge on any atom is 0.289 e. The fraction of sp³-hybridized carbons (Fsp3) is 0.0800. The van der Waals surface area contributed by atoms with Gasteiger partial charge in [-0.25, -0.2) is 5.43 Å². The SMILES string of the molecule is Cc1ccc(COc2ccccc2-c2cc(C(=O)N/N=C/c3cc(Br)ccc3O)[nH]n2)cc1. The minimum atomic E-state index is -0.461. The van der Waals surface area contributed by atoms with E-state index < -0.39 is 5.91 Å². The summed E-state index contributed by atoms with van der Waals surface area (Å²) in [7, 11) is 0. The average molecular weight is 505 g/mol. The largest absolute Gasteiger partial charge is 0.507 e. The number of hydrogen-bond donors (Lipinski definition) is 3. The number of hydrogen-bond acceptors (Lipinski definition) is 5. The Labute approximate surface area is 199 Å². The molecule has 33 heavy (non-hydrogen) atoms. The van der Waals surface area contributed by atoms with Crippen LogP contribution in [-0.4, -0.2) is 27.4 Å². The molecule has 0 atom stereocenters. The molecule has 3 N–H and O–H groups in total. The number of nitrogens with zero attached hydrogens (tertiary/aromatic N) is 2. The van der Waals surface area contributed by atoms with Crippen LogP contribution in [0.3, 0.4) is 0 Å². The number of carbonyl (C=O) groups excluding carboxylic acids is 1. The Morgan fingerprint density at radius 2 is 1.94 bits per heavy atom. The van der Waals surface area contributed by atoms with E-state index in [1.54, 1.807) is 18.2 Å². The molecule has 0 aliphatic heterocycles. The molecule has 1 amide bonds. The van der Waals surface area contributed by atoms with Crippen molar-refractivity contribution in [3.05, 3.63) is 99.7 Å². The zero-order chi connectivity index (χ0) is 23.2. The van der Waals surface area contributed by atoms with Crippen molar-refractivity contribution in [1.82, 2.24) is 15.6 Å². The van der Waals surface area contributed by atoms with Gasteiger partial charge in [0.2, 0.25) is 0 Å². The summed E-state index contributed by atoms with van der Waals surface area (Å²) < 4.78 is 6.80. The van der Waals surface area contributed by atoms with Crippen molar-refractivity contribution < 1.29 is 14.6 Å². The summed E-state index contributed by atoms with van der Waals surface area (Å²) in [4.78, 5) is 12.5. The zero-order valence-corrected chi connectivity index (χ0v) is 19.3. The number of para-hydroxylation sites is 1. The maximum atomic E-state index is 12.5. The number of rotatable bonds is 7. The first-order valence-electron chi connectivity index (χ1n) is 10.1. The van der Waals surface area contributed by atoms with E-state index in [2.05, 4.69) is 36.7 Å². The summed E-state index contributed by atoms with van der Waals surface area (Å²) >= 11 is 3.33. The molecule has 7 nitrogen and oxygen atoms in total. The Balaban J connectivity index is 1.44. The predicted octanol–water partition coefficient (Wildman–Crippen LogP) is 5.20. The predicted molar refractivity (Wildman–Crippen MR) is 130 cm³/mol. The van der Waals surface area contributed by atoms with Crippen molar-refractivity contribution >= 4 is 28.1 Å². The van der Waals surface area contributed by atoms with Crippen molar-refractivity contribution in [2.24, 2.45) is 5.10 Å². The van der Waals surface area contributed by atoms with Gasteiger partial charge in [0.05, 0.1) is 11.9 Å². The lowest BCUT2D eigenvalue weighted by molar-refractivity contribution is 0.0950. The van der Waals surface area contributed by atoms with E-state index in [1.807, 2.05) is 55.5 Å². The first-order chi connectivity index (χ1) is 16.0. The van der Waals surface area contributed by atoms with Gasteiger partial charge in [0, 0.05) is 15.6 Å². The van der Waals surface area contributed by atoms with Crippen LogP contribution in [0, 0.1) is 6.92 Å². The number of H-pyrrole nitrogens is 1. The van der Waals surface area contributed by atoms with Gasteiger partial charge in [0.15, 0.2) is 0 Å². The second-order valence-corrected chi connectivity index (χ2v) is 8.26. The van der Waals surface area contributed by atoms with Gasteiger partial charge in [-0.3, -0.25) is 9.89 Å². The van der Waals surface area contributed by atoms with Crippen molar-refractivity contribution in [1.29, 1.82) is 0 Å². The average Bonchev–Trinajstić information content (AvgIpc) is 3.31. The number of hydrazone groups is 1. The molecule has 0 aliphatic rings. The third kappa shape index (κ3) is 5.67. The number of halogens is 1. The van der Waals surface area contributed by atoms with Gasteiger partial charge >= 0.3 is 0 Å². The second-order valence-electron chi connectivity index (χ2n) is 7.34. The number of aromatic amines is 1. The standard InChI is InChI=1S/C25H21BrN4O3/c1-16-6-8-17(9-7-16)15-33-24-5-3-2-4-20(24)21-13-22(29-28-21)25(32)30-27-14-18-12-19(26)10-11-23(18)31/h2-14,31H,15H2,1H3,(H,28,29)(H,30,32)/b27-14+. The Kier molecular flexibility index (Phi) is 6.85. The summed E-state index contributed by atoms with van der Waals surface area (Å²) in [6.07, 6.45) is 1.36. The molecule has 0 saturated carbocycles. The lowest BCUT2D eigenvalue weighted by Gasteiger charge is -2.10. The molecule has 0 fully saturated rings. The molecule has 4 aromatic rings. The van der Waals surface area contributed by atoms with E-state index in [0.717, 1.165) is 15.6 Å². The smallest absolute Gasteiger partial charge is 0.289 e. The van der Waals surface area contributed by atoms with Crippen LogP contribution in [0.2, 0.25) is 0 Å². The molecule has 1 aromatic heterocycles. The van der Waals surface area contributed by atoms with Crippen LogP contribution in [0.25, 0.3) is 11.3 Å². The molecule has 0 radical (unpaired) electrons. The van der Waals surface area contributed by atoms with Crippen LogP contribution in [0.4, 0.5) is 0 Å². The highest BCUT2D eigenvalue weighted by Gasteiger charge is 2.14. The number of phenols is 1. The number of phenolic OH excluding ortho intramolecular Hbond substituents is 1. The Hall–Kier alpha value is -3.91. The summed E-state index contributed by atoms with van der Waals surface area (Å²) in [5, 5.41) is 20.8. The van der Waals surface area contributed by atoms with Crippen LogP contribution in [0.15, 0.2) is 82.4 Å². The summed E-state index contributed by atoms with van der Waals surface area (Å²) in [6, 6.07) is 22.2. The molecule has 3 aromatic carbocycles. The van der Waals surface area contributed by atoms with Crippen LogP contribution in [0.5, 0.6) is 11.5 Å². The van der Waals surface area contributed by atoms with Crippen molar-refractivity contribution in [2.75, 3.05) is 0 Å². The second kappa shape index (κ2) is 10.1. The van der Waals surface area contributed by atoms with Crippen LogP contribution in [-0.2, 0) is 6.61 Å². The Morgan fingerprint density at radius 3 is 2.76 bits per heavy atom. The first kappa shape index (κ1) is 22.3. The van der Waals surface area contributed by atoms with Gasteiger partial charge in [-0.2, -0.15) is 10.2 Å². The fourth-order valence-corrected chi connectivity index (χ4v) is 3.45. The van der Waals surface area contributed by atoms with Gasteiger partial charge in [-0.15, -0.1) is 0 Å². The lowest BCUT2D eigenvalue weighted by Crippen LogP contribution is -2.18. The van der Waals surface area contributed by atoms with Gasteiger partial charge < -0.3 is 9.84 Å². The van der Waals surface area contributed by atoms with Crippen LogP contribution in [0.1, 0.15) is 27.2 Å². The number of nitrogens with one attached hydrogen (secondary N) is 2. The number of aromatic nitrogens is 2. The van der Waals surface area contributed by atoms with E-state index in [0.29, 0.717) is 23.6 Å². The molecule has 0 spiro atoms. The molecule has 0 aliphatic carbocycles. The third-order valence-corrected chi connectivity index (χ3v) is 5.35. The zero-order valence-electron chi connectivity index (χ0n) is 17.7. The summed E-state index contributed by atoms with van der Waals surface area (Å²) in [6.45, 7) is 2.47. The normalized spacial score (nSPS) is 11.0. The van der Waals surface area contributed by atoms with Crippen LogP contribution < -0.4 is 10.2 Å². The number of ether oxygens (including phenoxy) is 1.